The van der Waals surface area contributed by atoms with E-state index in [-0.39, 0.29) is 28.5 Å². The van der Waals surface area contributed by atoms with Crippen LogP contribution >= 0.6 is 27.5 Å². The van der Waals surface area contributed by atoms with Crippen molar-refractivity contribution in [2.24, 2.45) is 0 Å². The maximum Gasteiger partial charge on any atom is 0.340 e. The molecule has 3 rings (SSSR count). The molecule has 0 saturated carbocycles. The SMILES string of the molecule is O=C(OCc1cc(=O)oc2cc(O)ccc12)c1cc(Br)ccc1Cl. The molecule has 1 aromatic heterocycles. The number of benzene rings is 2. The number of phenolic OH excluding ortho intramolecular Hbond substituents is 1. The van der Waals surface area contributed by atoms with E-state index >= 15 is 0 Å². The molecule has 0 unspecified atom stereocenters. The lowest BCUT2D eigenvalue weighted by Gasteiger charge is -2.08. The molecular weight excluding hydrogens is 400 g/mol. The lowest BCUT2D eigenvalue weighted by Crippen LogP contribution is -2.08. The maximum atomic E-state index is 12.2. The zero-order valence-electron chi connectivity index (χ0n) is 12.1. The average Bonchev–Trinajstić information content (AvgIpc) is 2.54. The summed E-state index contributed by atoms with van der Waals surface area (Å²) in [5, 5.41) is 10.3. The summed E-state index contributed by atoms with van der Waals surface area (Å²) in [5.41, 5.74) is 0.311. The molecule has 5 nitrogen and oxygen atoms in total. The summed E-state index contributed by atoms with van der Waals surface area (Å²) >= 11 is 9.26. The molecule has 0 aliphatic rings. The van der Waals surface area contributed by atoms with Crippen LogP contribution in [0.4, 0.5) is 0 Å². The summed E-state index contributed by atoms with van der Waals surface area (Å²) in [6, 6.07) is 10.5. The molecule has 1 N–H and O–H groups in total. The van der Waals surface area contributed by atoms with Crippen LogP contribution in [0, 0.1) is 0 Å². The van der Waals surface area contributed by atoms with Gasteiger partial charge in [-0.2, -0.15) is 0 Å². The van der Waals surface area contributed by atoms with Crippen LogP contribution < -0.4 is 5.63 Å². The molecule has 2 aromatic carbocycles. The number of hydrogen-bond acceptors (Lipinski definition) is 5. The summed E-state index contributed by atoms with van der Waals surface area (Å²) in [6.45, 7) is -0.130. The summed E-state index contributed by atoms with van der Waals surface area (Å²) < 4.78 is 11.0. The van der Waals surface area contributed by atoms with Gasteiger partial charge < -0.3 is 14.3 Å². The Bertz CT molecular complexity index is 996. The number of ether oxygens (including phenoxy) is 1. The minimum Gasteiger partial charge on any atom is -0.508 e. The molecule has 0 amide bonds. The summed E-state index contributed by atoms with van der Waals surface area (Å²) in [6.07, 6.45) is 0. The van der Waals surface area contributed by atoms with E-state index in [4.69, 9.17) is 20.8 Å². The first-order valence-electron chi connectivity index (χ1n) is 6.82. The summed E-state index contributed by atoms with van der Waals surface area (Å²) in [5.74, 6) is -0.637. The number of halogens is 2. The Kier molecular flexibility index (Phi) is 4.59. The first-order chi connectivity index (χ1) is 11.4. The molecule has 3 aromatic rings. The van der Waals surface area contributed by atoms with Crippen LogP contribution in [0.15, 0.2) is 56.1 Å². The van der Waals surface area contributed by atoms with Crippen molar-refractivity contribution in [1.82, 2.24) is 0 Å². The zero-order valence-corrected chi connectivity index (χ0v) is 14.4. The number of hydrogen-bond donors (Lipinski definition) is 1. The normalized spacial score (nSPS) is 10.8. The van der Waals surface area contributed by atoms with Crippen molar-refractivity contribution in [3.8, 4) is 5.75 Å². The van der Waals surface area contributed by atoms with E-state index in [0.717, 1.165) is 0 Å². The molecule has 24 heavy (non-hydrogen) atoms. The molecule has 0 spiro atoms. The minimum atomic E-state index is -0.610. The van der Waals surface area contributed by atoms with Crippen molar-refractivity contribution < 1.29 is 19.1 Å². The van der Waals surface area contributed by atoms with Crippen LogP contribution in [0.2, 0.25) is 5.02 Å². The quantitative estimate of drug-likeness (QED) is 0.516. The topological polar surface area (TPSA) is 76.7 Å². The fourth-order valence-electron chi connectivity index (χ4n) is 2.21. The zero-order chi connectivity index (χ0) is 17.3. The van der Waals surface area contributed by atoms with Gasteiger partial charge in [0, 0.05) is 27.6 Å². The van der Waals surface area contributed by atoms with Crippen molar-refractivity contribution >= 4 is 44.5 Å². The number of carbonyl (C=O) groups is 1. The van der Waals surface area contributed by atoms with Gasteiger partial charge in [-0.25, -0.2) is 9.59 Å². The van der Waals surface area contributed by atoms with Crippen LogP contribution in [0.5, 0.6) is 5.75 Å². The van der Waals surface area contributed by atoms with Crippen LogP contribution in [-0.4, -0.2) is 11.1 Å². The lowest BCUT2D eigenvalue weighted by molar-refractivity contribution is 0.0474. The van der Waals surface area contributed by atoms with Gasteiger partial charge in [0.2, 0.25) is 0 Å². The third-order valence-electron chi connectivity index (χ3n) is 3.32. The highest BCUT2D eigenvalue weighted by molar-refractivity contribution is 9.10. The van der Waals surface area contributed by atoms with E-state index in [1.165, 1.54) is 18.2 Å². The molecule has 0 aliphatic heterocycles. The second-order valence-corrected chi connectivity index (χ2v) is 6.29. The molecule has 0 atom stereocenters. The van der Waals surface area contributed by atoms with Gasteiger partial charge in [-0.3, -0.25) is 0 Å². The molecule has 122 valence electrons. The van der Waals surface area contributed by atoms with Crippen molar-refractivity contribution in [1.29, 1.82) is 0 Å². The van der Waals surface area contributed by atoms with Crippen LogP contribution in [0.3, 0.4) is 0 Å². The fourth-order valence-corrected chi connectivity index (χ4v) is 2.77. The van der Waals surface area contributed by atoms with E-state index in [1.807, 2.05) is 0 Å². The van der Waals surface area contributed by atoms with Gasteiger partial charge >= 0.3 is 11.6 Å². The molecule has 1 heterocycles. The third-order valence-corrected chi connectivity index (χ3v) is 4.14. The van der Waals surface area contributed by atoms with E-state index in [0.29, 0.717) is 15.4 Å². The fraction of sp³-hybridized carbons (Fsp3) is 0.0588. The monoisotopic (exact) mass is 408 g/mol. The van der Waals surface area contributed by atoms with E-state index in [9.17, 15) is 14.7 Å². The standard InChI is InChI=1S/C17H10BrClO5/c18-10-1-4-14(19)13(6-10)17(22)23-8-9-5-16(21)24-15-7-11(20)2-3-12(9)15/h1-7,20H,8H2. The number of carbonyl (C=O) groups excluding carboxylic acids is 1. The van der Waals surface area contributed by atoms with E-state index in [2.05, 4.69) is 15.9 Å². The maximum absolute atomic E-state index is 12.2. The van der Waals surface area contributed by atoms with Gasteiger partial charge in [-0.15, -0.1) is 0 Å². The van der Waals surface area contributed by atoms with Crippen molar-refractivity contribution in [2.45, 2.75) is 6.61 Å². The molecule has 0 fully saturated rings. The predicted octanol–water partition coefficient (Wildman–Crippen LogP) is 4.27. The van der Waals surface area contributed by atoms with Crippen LogP contribution in [0.1, 0.15) is 15.9 Å². The summed E-state index contributed by atoms with van der Waals surface area (Å²) in [4.78, 5) is 23.8. The number of fused-ring (bicyclic) bond motifs is 1. The molecule has 0 bridgehead atoms. The van der Waals surface area contributed by atoms with Gasteiger partial charge in [-0.1, -0.05) is 27.5 Å². The molecule has 0 aliphatic carbocycles. The van der Waals surface area contributed by atoms with Crippen LogP contribution in [0.25, 0.3) is 11.0 Å². The van der Waals surface area contributed by atoms with Crippen molar-refractivity contribution in [3.63, 3.8) is 0 Å². The first kappa shape index (κ1) is 16.5. The number of rotatable bonds is 3. The Morgan fingerprint density at radius 1 is 1.21 bits per heavy atom. The Morgan fingerprint density at radius 2 is 2.00 bits per heavy atom. The number of aromatic hydroxyl groups is 1. The highest BCUT2D eigenvalue weighted by Gasteiger charge is 2.14. The highest BCUT2D eigenvalue weighted by atomic mass is 79.9. The van der Waals surface area contributed by atoms with Gasteiger partial charge in [0.15, 0.2) is 0 Å². The predicted molar refractivity (Wildman–Crippen MR) is 92.4 cm³/mol. The van der Waals surface area contributed by atoms with Gasteiger partial charge in [0.05, 0.1) is 10.6 Å². The molecule has 7 heteroatoms. The number of esters is 1. The molecule has 0 saturated heterocycles. The van der Waals surface area contributed by atoms with Crippen molar-refractivity contribution in [3.05, 3.63) is 73.5 Å². The minimum absolute atomic E-state index is 0.0271. The Balaban J connectivity index is 1.89. The second kappa shape index (κ2) is 6.67. The summed E-state index contributed by atoms with van der Waals surface area (Å²) in [7, 11) is 0. The van der Waals surface area contributed by atoms with Gasteiger partial charge in [-0.05, 0) is 30.3 Å². The Labute approximate surface area is 149 Å². The van der Waals surface area contributed by atoms with E-state index < -0.39 is 11.6 Å². The van der Waals surface area contributed by atoms with Crippen LogP contribution in [-0.2, 0) is 11.3 Å². The largest absolute Gasteiger partial charge is 0.508 e. The first-order valence-corrected chi connectivity index (χ1v) is 7.99. The number of phenols is 1. The Hall–Kier alpha value is -2.31. The van der Waals surface area contributed by atoms with Crippen molar-refractivity contribution in [2.75, 3.05) is 0 Å². The Morgan fingerprint density at radius 3 is 2.79 bits per heavy atom. The van der Waals surface area contributed by atoms with Gasteiger partial charge in [0.1, 0.15) is 17.9 Å². The average molecular weight is 410 g/mol. The smallest absolute Gasteiger partial charge is 0.340 e. The lowest BCUT2D eigenvalue weighted by atomic mass is 10.1. The molecular formula is C17H10BrClO5. The third kappa shape index (κ3) is 3.44. The van der Waals surface area contributed by atoms with Gasteiger partial charge in [0.25, 0.3) is 0 Å². The highest BCUT2D eigenvalue weighted by Crippen LogP contribution is 2.24. The molecule has 0 radical (unpaired) electrons. The second-order valence-electron chi connectivity index (χ2n) is 4.97. The van der Waals surface area contributed by atoms with E-state index in [1.54, 1.807) is 24.3 Å².